The average Bonchev–Trinajstić information content (AvgIpc) is 2.75. The van der Waals surface area contributed by atoms with Crippen LogP contribution in [0.3, 0.4) is 0 Å². The lowest BCUT2D eigenvalue weighted by molar-refractivity contribution is -0.113. The summed E-state index contributed by atoms with van der Waals surface area (Å²) in [5, 5.41) is 2.54. The first-order chi connectivity index (χ1) is 15.5. The van der Waals surface area contributed by atoms with E-state index in [9.17, 15) is 22.0 Å². The Bertz CT molecular complexity index is 1230. The SMILES string of the molecule is CNc1ncc(F)cc1S(=O)(=O)Nc1ccc(F)c([C@@H]2CC/C(=C(/C)C(C)=O)N(C)C2)c1Cl. The van der Waals surface area contributed by atoms with E-state index in [1.54, 1.807) is 6.92 Å². The van der Waals surface area contributed by atoms with E-state index in [-0.39, 0.29) is 33.8 Å². The number of allylic oxidation sites excluding steroid dienone is 2. The van der Waals surface area contributed by atoms with Crippen LogP contribution in [0.1, 0.15) is 38.2 Å². The number of carbonyl (C=O) groups excluding carboxylic acids is 1. The van der Waals surface area contributed by atoms with Gasteiger partial charge in [0.05, 0.1) is 16.9 Å². The predicted octanol–water partition coefficient (Wildman–Crippen LogP) is 4.53. The highest BCUT2D eigenvalue weighted by Gasteiger charge is 2.30. The van der Waals surface area contributed by atoms with Crippen LogP contribution >= 0.6 is 11.6 Å². The Kier molecular flexibility index (Phi) is 7.28. The number of piperidine rings is 1. The second-order valence-electron chi connectivity index (χ2n) is 7.92. The fraction of sp³-hybridized carbons (Fsp3) is 0.364. The molecule has 1 aliphatic heterocycles. The van der Waals surface area contributed by atoms with Crippen molar-refractivity contribution in [3.05, 3.63) is 57.9 Å². The van der Waals surface area contributed by atoms with Gasteiger partial charge in [0.15, 0.2) is 5.78 Å². The van der Waals surface area contributed by atoms with Crippen LogP contribution in [0.5, 0.6) is 0 Å². The van der Waals surface area contributed by atoms with E-state index in [1.165, 1.54) is 20.0 Å². The van der Waals surface area contributed by atoms with E-state index < -0.39 is 26.6 Å². The number of likely N-dealkylation sites (tertiary alicyclic amines) is 1. The van der Waals surface area contributed by atoms with E-state index in [2.05, 4.69) is 15.0 Å². The number of hydrogen-bond donors (Lipinski definition) is 2. The maximum Gasteiger partial charge on any atom is 0.265 e. The second-order valence-corrected chi connectivity index (χ2v) is 9.95. The molecule has 3 rings (SSSR count). The Labute approximate surface area is 196 Å². The zero-order valence-electron chi connectivity index (χ0n) is 18.7. The fourth-order valence-corrected chi connectivity index (χ4v) is 5.64. The highest BCUT2D eigenvalue weighted by Crippen LogP contribution is 2.40. The lowest BCUT2D eigenvalue weighted by atomic mass is 9.87. The van der Waals surface area contributed by atoms with Crippen LogP contribution in [0.2, 0.25) is 5.02 Å². The molecule has 0 radical (unpaired) electrons. The van der Waals surface area contributed by atoms with Crippen LogP contribution in [-0.2, 0) is 14.8 Å². The van der Waals surface area contributed by atoms with Crippen LogP contribution in [0.25, 0.3) is 0 Å². The third-order valence-corrected chi connectivity index (χ3v) is 7.56. The number of carbonyl (C=O) groups is 1. The standard InChI is InChI=1S/C22H25ClF2N4O3S/c1-12(13(2)30)18-8-5-14(11-29(18)4)20-16(25)6-7-17(21(20)23)28-33(31,32)19-9-15(24)10-27-22(19)26-3/h6-7,9-10,14,28H,5,8,11H2,1-4H3,(H,26,27)/b18-12+/t14-/m1/s1. The van der Waals surface area contributed by atoms with Gasteiger partial charge in [-0.25, -0.2) is 22.2 Å². The van der Waals surface area contributed by atoms with Gasteiger partial charge < -0.3 is 10.2 Å². The average molecular weight is 499 g/mol. The fourth-order valence-electron chi connectivity index (χ4n) is 3.98. The Morgan fingerprint density at radius 3 is 2.58 bits per heavy atom. The molecule has 0 bridgehead atoms. The number of anilines is 2. The van der Waals surface area contributed by atoms with Crippen molar-refractivity contribution in [1.82, 2.24) is 9.88 Å². The van der Waals surface area contributed by atoms with E-state index in [0.29, 0.717) is 25.0 Å². The summed E-state index contributed by atoms with van der Waals surface area (Å²) in [7, 11) is -1.00. The monoisotopic (exact) mass is 498 g/mol. The quantitative estimate of drug-likeness (QED) is 0.569. The van der Waals surface area contributed by atoms with Gasteiger partial charge in [0.1, 0.15) is 22.3 Å². The van der Waals surface area contributed by atoms with Gasteiger partial charge in [0.25, 0.3) is 10.0 Å². The first-order valence-electron chi connectivity index (χ1n) is 10.2. The number of sulfonamides is 1. The molecule has 1 atom stereocenters. The number of likely N-dealkylation sites (N-methyl/N-ethyl adjacent to an activating group) is 1. The molecule has 2 aromatic rings. The van der Waals surface area contributed by atoms with Crippen LogP contribution in [0, 0.1) is 11.6 Å². The molecule has 1 fully saturated rings. The molecule has 0 saturated carbocycles. The van der Waals surface area contributed by atoms with Gasteiger partial charge in [0, 0.05) is 43.4 Å². The number of ketones is 1. The van der Waals surface area contributed by atoms with Crippen molar-refractivity contribution in [2.24, 2.45) is 0 Å². The summed E-state index contributed by atoms with van der Waals surface area (Å²) in [6.45, 7) is 3.67. The number of hydrogen-bond acceptors (Lipinski definition) is 6. The first kappa shape index (κ1) is 24.9. The summed E-state index contributed by atoms with van der Waals surface area (Å²) in [5.74, 6) is -1.77. The highest BCUT2D eigenvalue weighted by atomic mass is 35.5. The van der Waals surface area contributed by atoms with Gasteiger partial charge >= 0.3 is 0 Å². The maximum absolute atomic E-state index is 14.8. The molecule has 0 amide bonds. The molecule has 2 heterocycles. The number of aromatic nitrogens is 1. The summed E-state index contributed by atoms with van der Waals surface area (Å²) in [5.41, 5.74) is 1.72. The molecular formula is C22H25ClF2N4O3S. The van der Waals surface area contributed by atoms with Crippen LogP contribution in [-0.4, -0.2) is 44.7 Å². The van der Waals surface area contributed by atoms with Gasteiger partial charge in [0.2, 0.25) is 0 Å². The Balaban J connectivity index is 1.95. The minimum Gasteiger partial charge on any atom is -0.377 e. The first-order valence-corrected chi connectivity index (χ1v) is 12.1. The molecule has 0 aliphatic carbocycles. The molecule has 0 spiro atoms. The summed E-state index contributed by atoms with van der Waals surface area (Å²) in [4.78, 5) is 17.0. The number of nitrogens with zero attached hydrogens (tertiary/aromatic N) is 2. The van der Waals surface area contributed by atoms with Gasteiger partial charge in [-0.15, -0.1) is 0 Å². The maximum atomic E-state index is 14.8. The van der Waals surface area contributed by atoms with Gasteiger partial charge in [-0.1, -0.05) is 11.6 Å². The zero-order chi connectivity index (χ0) is 24.5. The van der Waals surface area contributed by atoms with Crippen molar-refractivity contribution in [2.75, 3.05) is 30.7 Å². The topological polar surface area (TPSA) is 91.4 Å². The lowest BCUT2D eigenvalue weighted by Gasteiger charge is -2.35. The largest absolute Gasteiger partial charge is 0.377 e. The molecular weight excluding hydrogens is 474 g/mol. The van der Waals surface area contributed by atoms with Crippen molar-refractivity contribution >= 4 is 38.9 Å². The number of nitrogens with one attached hydrogen (secondary N) is 2. The highest BCUT2D eigenvalue weighted by molar-refractivity contribution is 7.92. The molecule has 0 unspecified atom stereocenters. The Morgan fingerprint density at radius 1 is 1.27 bits per heavy atom. The third kappa shape index (κ3) is 5.11. The third-order valence-electron chi connectivity index (χ3n) is 5.77. The van der Waals surface area contributed by atoms with Crippen molar-refractivity contribution in [1.29, 1.82) is 0 Å². The minimum atomic E-state index is -4.28. The Hall–Kier alpha value is -2.72. The zero-order valence-corrected chi connectivity index (χ0v) is 20.2. The molecule has 178 valence electrons. The van der Waals surface area contributed by atoms with Crippen molar-refractivity contribution in [2.45, 2.75) is 37.5 Å². The molecule has 11 heteroatoms. The summed E-state index contributed by atoms with van der Waals surface area (Å²) >= 11 is 6.49. The summed E-state index contributed by atoms with van der Waals surface area (Å²) in [6.07, 6.45) is 1.98. The minimum absolute atomic E-state index is 0.0244. The van der Waals surface area contributed by atoms with Crippen molar-refractivity contribution in [3.63, 3.8) is 0 Å². The van der Waals surface area contributed by atoms with Gasteiger partial charge in [-0.2, -0.15) is 0 Å². The van der Waals surface area contributed by atoms with Crippen LogP contribution in [0.15, 0.2) is 40.6 Å². The van der Waals surface area contributed by atoms with Crippen molar-refractivity contribution in [3.8, 4) is 0 Å². The number of rotatable bonds is 6. The van der Waals surface area contributed by atoms with Gasteiger partial charge in [-0.05, 0) is 44.9 Å². The molecule has 2 N–H and O–H groups in total. The van der Waals surface area contributed by atoms with Crippen LogP contribution < -0.4 is 10.0 Å². The van der Waals surface area contributed by atoms with E-state index >= 15 is 0 Å². The number of halogens is 3. The smallest absolute Gasteiger partial charge is 0.265 e. The Morgan fingerprint density at radius 2 is 1.97 bits per heavy atom. The number of Topliss-reactive ketones (excluding diaryl/α,β-unsaturated/α-hetero) is 1. The number of benzene rings is 1. The molecule has 1 saturated heterocycles. The normalized spacial score (nSPS) is 18.2. The number of pyridine rings is 1. The summed E-state index contributed by atoms with van der Waals surface area (Å²) in [6, 6.07) is 3.21. The molecule has 1 aromatic carbocycles. The molecule has 7 nitrogen and oxygen atoms in total. The molecule has 33 heavy (non-hydrogen) atoms. The summed E-state index contributed by atoms with van der Waals surface area (Å²) < 4.78 is 56.7. The van der Waals surface area contributed by atoms with E-state index in [1.807, 2.05) is 11.9 Å². The molecule has 1 aromatic heterocycles. The molecule has 1 aliphatic rings. The lowest BCUT2D eigenvalue weighted by Crippen LogP contribution is -2.31. The van der Waals surface area contributed by atoms with Crippen LogP contribution in [0.4, 0.5) is 20.3 Å². The predicted molar refractivity (Wildman–Crippen MR) is 124 cm³/mol. The second kappa shape index (κ2) is 9.64. The van der Waals surface area contributed by atoms with Gasteiger partial charge in [-0.3, -0.25) is 9.52 Å². The van der Waals surface area contributed by atoms with E-state index in [4.69, 9.17) is 11.6 Å². The van der Waals surface area contributed by atoms with E-state index in [0.717, 1.165) is 24.0 Å². The van der Waals surface area contributed by atoms with Crippen molar-refractivity contribution < 1.29 is 22.0 Å².